The fourth-order valence-corrected chi connectivity index (χ4v) is 3.92. The van der Waals surface area contributed by atoms with E-state index >= 15 is 0 Å². The summed E-state index contributed by atoms with van der Waals surface area (Å²) in [6.07, 6.45) is 1.38. The molecule has 0 saturated carbocycles. The molecule has 1 aliphatic heterocycles. The lowest BCUT2D eigenvalue weighted by Crippen LogP contribution is -2.55. The molecule has 7 heteroatoms. The van der Waals surface area contributed by atoms with E-state index in [1.54, 1.807) is 36.3 Å². The van der Waals surface area contributed by atoms with Gasteiger partial charge in [0.15, 0.2) is 0 Å². The molecular formula is C23H35N3O4. The number of nitrogens with zero attached hydrogens (tertiary/aromatic N) is 2. The largest absolute Gasteiger partial charge is 0.497 e. The van der Waals surface area contributed by atoms with E-state index in [1.807, 2.05) is 32.6 Å². The third-order valence-corrected chi connectivity index (χ3v) is 5.78. The molecule has 2 rings (SSSR count). The van der Waals surface area contributed by atoms with Crippen molar-refractivity contribution in [2.24, 2.45) is 11.8 Å². The summed E-state index contributed by atoms with van der Waals surface area (Å²) < 4.78 is 5.21. The number of hydrogen-bond donors (Lipinski definition) is 1. The van der Waals surface area contributed by atoms with Gasteiger partial charge in [-0.1, -0.05) is 19.9 Å². The van der Waals surface area contributed by atoms with Gasteiger partial charge < -0.3 is 19.9 Å². The third-order valence-electron chi connectivity index (χ3n) is 5.78. The predicted molar refractivity (Wildman–Crippen MR) is 116 cm³/mol. The van der Waals surface area contributed by atoms with Gasteiger partial charge in [-0.15, -0.1) is 0 Å². The van der Waals surface area contributed by atoms with Crippen LogP contribution in [0.1, 0.15) is 50.9 Å². The number of carbonyl (C=O) groups is 3. The fourth-order valence-electron chi connectivity index (χ4n) is 3.92. The topological polar surface area (TPSA) is 79.0 Å². The summed E-state index contributed by atoms with van der Waals surface area (Å²) in [5.74, 6) is 0.325. The maximum Gasteiger partial charge on any atom is 0.252 e. The van der Waals surface area contributed by atoms with Crippen LogP contribution in [0.25, 0.3) is 0 Å². The molecule has 1 saturated heterocycles. The Balaban J connectivity index is 2.18. The maximum absolute atomic E-state index is 13.2. The van der Waals surface area contributed by atoms with Gasteiger partial charge >= 0.3 is 0 Å². The van der Waals surface area contributed by atoms with Crippen molar-refractivity contribution in [2.45, 2.75) is 46.6 Å². The van der Waals surface area contributed by atoms with Crippen molar-refractivity contribution in [2.75, 3.05) is 33.3 Å². The second-order valence-corrected chi connectivity index (χ2v) is 8.01. The van der Waals surface area contributed by atoms with E-state index in [0.717, 1.165) is 0 Å². The summed E-state index contributed by atoms with van der Waals surface area (Å²) in [6.45, 7) is 10.1. The minimum Gasteiger partial charge on any atom is -0.497 e. The van der Waals surface area contributed by atoms with Crippen molar-refractivity contribution >= 4 is 17.7 Å². The van der Waals surface area contributed by atoms with E-state index in [0.29, 0.717) is 50.3 Å². The van der Waals surface area contributed by atoms with Crippen molar-refractivity contribution in [1.29, 1.82) is 0 Å². The van der Waals surface area contributed by atoms with E-state index in [4.69, 9.17) is 4.74 Å². The SMILES string of the molecule is CCN(CC)C(=O)[C@H](NC(=O)c1cccc(OC)c1)C1CCN(C(=O)C(C)C)CC1. The van der Waals surface area contributed by atoms with Crippen molar-refractivity contribution in [1.82, 2.24) is 15.1 Å². The lowest BCUT2D eigenvalue weighted by Gasteiger charge is -2.38. The molecule has 0 radical (unpaired) electrons. The van der Waals surface area contributed by atoms with E-state index in [-0.39, 0.29) is 29.6 Å². The number of methoxy groups -OCH3 is 1. The van der Waals surface area contributed by atoms with E-state index in [2.05, 4.69) is 5.32 Å². The van der Waals surface area contributed by atoms with E-state index < -0.39 is 6.04 Å². The Morgan fingerprint density at radius 2 is 1.80 bits per heavy atom. The molecule has 0 unspecified atom stereocenters. The highest BCUT2D eigenvalue weighted by atomic mass is 16.5. The molecule has 1 aromatic carbocycles. The number of likely N-dealkylation sites (N-methyl/N-ethyl adjacent to an activating group) is 1. The van der Waals surface area contributed by atoms with Gasteiger partial charge in [0.25, 0.3) is 5.91 Å². The van der Waals surface area contributed by atoms with Crippen LogP contribution in [-0.2, 0) is 9.59 Å². The Labute approximate surface area is 179 Å². The molecule has 0 spiro atoms. The van der Waals surface area contributed by atoms with Crippen LogP contribution in [0.2, 0.25) is 0 Å². The Morgan fingerprint density at radius 1 is 1.17 bits per heavy atom. The fraction of sp³-hybridized carbons (Fsp3) is 0.609. The quantitative estimate of drug-likeness (QED) is 0.705. The predicted octanol–water partition coefficient (Wildman–Crippen LogP) is 2.56. The van der Waals surface area contributed by atoms with E-state index in [1.165, 1.54) is 0 Å². The molecule has 166 valence electrons. The first kappa shape index (κ1) is 23.7. The molecule has 1 aliphatic rings. The maximum atomic E-state index is 13.2. The van der Waals surface area contributed by atoms with Gasteiger partial charge in [0.05, 0.1) is 7.11 Å². The number of benzene rings is 1. The van der Waals surface area contributed by atoms with Gasteiger partial charge in [-0.2, -0.15) is 0 Å². The van der Waals surface area contributed by atoms with Crippen LogP contribution in [0.5, 0.6) is 5.75 Å². The molecule has 30 heavy (non-hydrogen) atoms. The standard InChI is InChI=1S/C23H35N3O4/c1-6-25(7-2)23(29)20(17-11-13-26(14-12-17)22(28)16(3)4)24-21(27)18-9-8-10-19(15-18)30-5/h8-10,15-17,20H,6-7,11-14H2,1-5H3,(H,24,27)/t20-/m1/s1. The van der Waals surface area contributed by atoms with Crippen LogP contribution in [-0.4, -0.2) is 66.9 Å². The molecule has 1 atom stereocenters. The zero-order valence-electron chi connectivity index (χ0n) is 18.8. The first-order valence-corrected chi connectivity index (χ1v) is 10.8. The summed E-state index contributed by atoms with van der Waals surface area (Å²) in [4.78, 5) is 42.1. The lowest BCUT2D eigenvalue weighted by atomic mass is 9.87. The Hall–Kier alpha value is -2.57. The van der Waals surface area contributed by atoms with Crippen molar-refractivity contribution in [3.63, 3.8) is 0 Å². The molecule has 1 aromatic rings. The molecule has 1 heterocycles. The first-order chi connectivity index (χ1) is 14.3. The molecule has 7 nitrogen and oxygen atoms in total. The Bertz CT molecular complexity index is 738. The summed E-state index contributed by atoms with van der Waals surface area (Å²) in [5.41, 5.74) is 0.458. The van der Waals surface area contributed by atoms with Gasteiger partial charge in [0.2, 0.25) is 11.8 Å². The summed E-state index contributed by atoms with van der Waals surface area (Å²) in [5, 5.41) is 2.98. The number of piperidine rings is 1. The van der Waals surface area contributed by atoms with Gasteiger partial charge in [0, 0.05) is 37.7 Å². The number of rotatable bonds is 8. The second kappa shape index (κ2) is 11.0. The number of hydrogen-bond acceptors (Lipinski definition) is 4. The normalized spacial score (nSPS) is 15.6. The van der Waals surface area contributed by atoms with Crippen molar-refractivity contribution < 1.29 is 19.1 Å². The molecule has 0 aliphatic carbocycles. The minimum atomic E-state index is -0.611. The molecular weight excluding hydrogens is 382 g/mol. The highest BCUT2D eigenvalue weighted by Gasteiger charge is 2.35. The Kier molecular flexibility index (Phi) is 8.69. The van der Waals surface area contributed by atoms with Crippen LogP contribution < -0.4 is 10.1 Å². The summed E-state index contributed by atoms with van der Waals surface area (Å²) in [6, 6.07) is 6.29. The molecule has 0 aromatic heterocycles. The third kappa shape index (κ3) is 5.74. The van der Waals surface area contributed by atoms with Crippen LogP contribution >= 0.6 is 0 Å². The summed E-state index contributed by atoms with van der Waals surface area (Å²) >= 11 is 0. The zero-order valence-corrected chi connectivity index (χ0v) is 18.8. The Morgan fingerprint density at radius 3 is 2.33 bits per heavy atom. The first-order valence-electron chi connectivity index (χ1n) is 10.8. The smallest absolute Gasteiger partial charge is 0.252 e. The number of likely N-dealkylation sites (tertiary alicyclic amines) is 1. The van der Waals surface area contributed by atoms with Crippen LogP contribution in [0, 0.1) is 11.8 Å². The average Bonchev–Trinajstić information content (AvgIpc) is 2.77. The number of ether oxygens (including phenoxy) is 1. The van der Waals surface area contributed by atoms with Gasteiger partial charge in [-0.25, -0.2) is 0 Å². The second-order valence-electron chi connectivity index (χ2n) is 8.01. The van der Waals surface area contributed by atoms with Gasteiger partial charge in [-0.3, -0.25) is 14.4 Å². The highest BCUT2D eigenvalue weighted by molar-refractivity contribution is 5.98. The van der Waals surface area contributed by atoms with E-state index in [9.17, 15) is 14.4 Å². The lowest BCUT2D eigenvalue weighted by molar-refractivity contribution is -0.137. The molecule has 1 N–H and O–H groups in total. The minimum absolute atomic E-state index is 0.0103. The monoisotopic (exact) mass is 417 g/mol. The zero-order chi connectivity index (χ0) is 22.3. The summed E-state index contributed by atoms with van der Waals surface area (Å²) in [7, 11) is 1.55. The number of nitrogens with one attached hydrogen (secondary N) is 1. The number of carbonyl (C=O) groups excluding carboxylic acids is 3. The number of amides is 3. The van der Waals surface area contributed by atoms with Crippen LogP contribution in [0.15, 0.2) is 24.3 Å². The molecule has 0 bridgehead atoms. The van der Waals surface area contributed by atoms with Crippen molar-refractivity contribution in [3.8, 4) is 5.75 Å². The van der Waals surface area contributed by atoms with Gasteiger partial charge in [0.1, 0.15) is 11.8 Å². The average molecular weight is 418 g/mol. The van der Waals surface area contributed by atoms with Crippen LogP contribution in [0.4, 0.5) is 0 Å². The van der Waals surface area contributed by atoms with Gasteiger partial charge in [-0.05, 0) is 50.8 Å². The van der Waals surface area contributed by atoms with Crippen molar-refractivity contribution in [3.05, 3.63) is 29.8 Å². The highest BCUT2D eigenvalue weighted by Crippen LogP contribution is 2.24. The molecule has 3 amide bonds. The van der Waals surface area contributed by atoms with Crippen LogP contribution in [0.3, 0.4) is 0 Å². The molecule has 1 fully saturated rings.